The van der Waals surface area contributed by atoms with E-state index in [0.717, 1.165) is 10.6 Å². The molecule has 2 aromatic heterocycles. The maximum absolute atomic E-state index is 13.2. The molecule has 2 heterocycles. The highest BCUT2D eigenvalue weighted by molar-refractivity contribution is 7.99. The molecule has 0 radical (unpaired) electrons. The van der Waals surface area contributed by atoms with Gasteiger partial charge in [0.2, 0.25) is 5.91 Å². The molecule has 1 amide bonds. The van der Waals surface area contributed by atoms with E-state index in [2.05, 4.69) is 10.3 Å². The maximum atomic E-state index is 13.2. The fourth-order valence-corrected chi connectivity index (χ4v) is 4.75. The average molecular weight is 438 g/mol. The minimum atomic E-state index is -0.190. The lowest BCUT2D eigenvalue weighted by molar-refractivity contribution is -0.113. The van der Waals surface area contributed by atoms with Gasteiger partial charge in [-0.25, -0.2) is 4.98 Å². The quantitative estimate of drug-likeness (QED) is 0.355. The number of carbonyl (C=O) groups excluding carboxylic acids is 1. The molecule has 4 aromatic rings. The van der Waals surface area contributed by atoms with E-state index >= 15 is 0 Å². The van der Waals surface area contributed by atoms with Crippen molar-refractivity contribution >= 4 is 44.9 Å². The molecule has 6 nitrogen and oxygen atoms in total. The van der Waals surface area contributed by atoms with Crippen molar-refractivity contribution < 1.29 is 9.53 Å². The standard InChI is InChI=1S/C22H19N3O3S2/c1-14-11-18-20(30-14)24-22(25(21(18)27)16-8-4-3-5-9-16)29-13-19(26)23-15-7-6-10-17(12-15)28-2/h3-12H,13H2,1-2H3,(H,23,26). The molecule has 4 rings (SSSR count). The van der Waals surface area contributed by atoms with Crippen LogP contribution in [0.25, 0.3) is 15.9 Å². The van der Waals surface area contributed by atoms with Crippen molar-refractivity contribution in [3.63, 3.8) is 0 Å². The summed E-state index contributed by atoms with van der Waals surface area (Å²) in [5.74, 6) is 0.593. The number of aromatic nitrogens is 2. The fourth-order valence-electron chi connectivity index (χ4n) is 3.01. The largest absolute Gasteiger partial charge is 0.497 e. The Hall–Kier alpha value is -3.10. The number of anilines is 1. The molecule has 2 aromatic carbocycles. The van der Waals surface area contributed by atoms with Crippen molar-refractivity contribution in [2.24, 2.45) is 0 Å². The molecular formula is C22H19N3O3S2. The smallest absolute Gasteiger partial charge is 0.267 e. The average Bonchev–Trinajstić information content (AvgIpc) is 3.13. The van der Waals surface area contributed by atoms with Crippen molar-refractivity contribution in [2.75, 3.05) is 18.2 Å². The van der Waals surface area contributed by atoms with Crippen LogP contribution < -0.4 is 15.6 Å². The highest BCUT2D eigenvalue weighted by Gasteiger charge is 2.16. The summed E-state index contributed by atoms with van der Waals surface area (Å²) >= 11 is 2.71. The number of ether oxygens (including phenoxy) is 1. The molecule has 0 fully saturated rings. The van der Waals surface area contributed by atoms with Crippen LogP contribution in [0.3, 0.4) is 0 Å². The molecule has 152 valence electrons. The molecule has 0 aliphatic heterocycles. The Bertz CT molecular complexity index is 1270. The zero-order valence-corrected chi connectivity index (χ0v) is 18.0. The second kappa shape index (κ2) is 8.73. The van der Waals surface area contributed by atoms with Crippen LogP contribution >= 0.6 is 23.1 Å². The number of carbonyl (C=O) groups is 1. The number of fused-ring (bicyclic) bond motifs is 1. The summed E-state index contributed by atoms with van der Waals surface area (Å²) in [5, 5.41) is 3.93. The zero-order chi connectivity index (χ0) is 21.1. The Kier molecular flexibility index (Phi) is 5.87. The van der Waals surface area contributed by atoms with E-state index in [1.165, 1.54) is 23.1 Å². The van der Waals surface area contributed by atoms with E-state index in [0.29, 0.717) is 26.8 Å². The molecule has 0 unspecified atom stereocenters. The molecule has 0 spiro atoms. The summed E-state index contributed by atoms with van der Waals surface area (Å²) in [4.78, 5) is 32.1. The summed E-state index contributed by atoms with van der Waals surface area (Å²) in [6.07, 6.45) is 0. The van der Waals surface area contributed by atoms with Crippen LogP contribution in [-0.4, -0.2) is 28.3 Å². The van der Waals surface area contributed by atoms with E-state index in [-0.39, 0.29) is 17.2 Å². The van der Waals surface area contributed by atoms with Crippen molar-refractivity contribution in [1.82, 2.24) is 9.55 Å². The van der Waals surface area contributed by atoms with Gasteiger partial charge in [0.15, 0.2) is 5.16 Å². The number of thioether (sulfide) groups is 1. The Morgan fingerprint density at radius 3 is 2.73 bits per heavy atom. The number of para-hydroxylation sites is 1. The summed E-state index contributed by atoms with van der Waals surface area (Å²) in [6.45, 7) is 1.95. The summed E-state index contributed by atoms with van der Waals surface area (Å²) < 4.78 is 6.75. The predicted octanol–water partition coefficient (Wildman–Crippen LogP) is 4.50. The zero-order valence-electron chi connectivity index (χ0n) is 16.4. The van der Waals surface area contributed by atoms with Crippen LogP contribution in [0, 0.1) is 6.92 Å². The third-order valence-electron chi connectivity index (χ3n) is 4.36. The fraction of sp³-hybridized carbons (Fsp3) is 0.136. The molecule has 0 aliphatic rings. The molecule has 0 bridgehead atoms. The highest BCUT2D eigenvalue weighted by Crippen LogP contribution is 2.26. The van der Waals surface area contributed by atoms with Gasteiger partial charge in [-0.05, 0) is 37.3 Å². The first-order chi connectivity index (χ1) is 14.5. The molecule has 30 heavy (non-hydrogen) atoms. The van der Waals surface area contributed by atoms with E-state index in [1.54, 1.807) is 23.8 Å². The summed E-state index contributed by atoms with van der Waals surface area (Å²) in [7, 11) is 1.58. The number of hydrogen-bond acceptors (Lipinski definition) is 6. The van der Waals surface area contributed by atoms with Crippen LogP contribution in [-0.2, 0) is 4.79 Å². The first kappa shape index (κ1) is 20.2. The number of hydrogen-bond donors (Lipinski definition) is 1. The number of benzene rings is 2. The molecule has 0 aliphatic carbocycles. The lowest BCUT2D eigenvalue weighted by Gasteiger charge is -2.12. The number of amides is 1. The van der Waals surface area contributed by atoms with Gasteiger partial charge < -0.3 is 10.1 Å². The number of methoxy groups -OCH3 is 1. The molecule has 1 N–H and O–H groups in total. The third kappa shape index (κ3) is 4.24. The van der Waals surface area contributed by atoms with Crippen LogP contribution in [0.5, 0.6) is 5.75 Å². The molecule has 0 saturated heterocycles. The predicted molar refractivity (Wildman–Crippen MR) is 122 cm³/mol. The van der Waals surface area contributed by atoms with Crippen LogP contribution in [0.15, 0.2) is 70.6 Å². The second-order valence-electron chi connectivity index (χ2n) is 6.52. The minimum absolute atomic E-state index is 0.117. The number of rotatable bonds is 6. The Labute approximate surface area is 181 Å². The number of aryl methyl sites for hydroxylation is 1. The normalized spacial score (nSPS) is 10.9. The maximum Gasteiger partial charge on any atom is 0.267 e. The summed E-state index contributed by atoms with van der Waals surface area (Å²) in [5.41, 5.74) is 1.24. The minimum Gasteiger partial charge on any atom is -0.497 e. The van der Waals surface area contributed by atoms with E-state index in [9.17, 15) is 9.59 Å². The number of thiophene rings is 1. The topological polar surface area (TPSA) is 73.2 Å². The Morgan fingerprint density at radius 2 is 1.97 bits per heavy atom. The second-order valence-corrected chi connectivity index (χ2v) is 8.69. The lowest BCUT2D eigenvalue weighted by Crippen LogP contribution is -2.22. The lowest BCUT2D eigenvalue weighted by atomic mass is 10.3. The summed E-state index contributed by atoms with van der Waals surface area (Å²) in [6, 6.07) is 18.4. The van der Waals surface area contributed by atoms with Gasteiger partial charge in [0, 0.05) is 16.6 Å². The third-order valence-corrected chi connectivity index (χ3v) is 6.24. The molecular weight excluding hydrogens is 418 g/mol. The number of nitrogens with one attached hydrogen (secondary N) is 1. The van der Waals surface area contributed by atoms with Crippen molar-refractivity contribution in [3.05, 3.63) is 75.9 Å². The Balaban J connectivity index is 1.63. The molecule has 0 saturated carbocycles. The first-order valence-electron chi connectivity index (χ1n) is 9.20. The van der Waals surface area contributed by atoms with Gasteiger partial charge in [-0.2, -0.15) is 0 Å². The highest BCUT2D eigenvalue weighted by atomic mass is 32.2. The SMILES string of the molecule is COc1cccc(NC(=O)CSc2nc3sc(C)cc3c(=O)n2-c2ccccc2)c1. The molecule has 0 atom stereocenters. The van der Waals surface area contributed by atoms with Gasteiger partial charge in [-0.15, -0.1) is 11.3 Å². The van der Waals surface area contributed by atoms with Crippen LogP contribution in [0.2, 0.25) is 0 Å². The van der Waals surface area contributed by atoms with Gasteiger partial charge >= 0.3 is 0 Å². The van der Waals surface area contributed by atoms with Gasteiger partial charge in [0.1, 0.15) is 10.6 Å². The van der Waals surface area contributed by atoms with Crippen LogP contribution in [0.4, 0.5) is 5.69 Å². The van der Waals surface area contributed by atoms with E-state index in [1.807, 2.05) is 55.5 Å². The van der Waals surface area contributed by atoms with Crippen molar-refractivity contribution in [1.29, 1.82) is 0 Å². The van der Waals surface area contributed by atoms with Crippen LogP contribution in [0.1, 0.15) is 4.88 Å². The first-order valence-corrected chi connectivity index (χ1v) is 11.0. The van der Waals surface area contributed by atoms with Gasteiger partial charge in [-0.1, -0.05) is 36.0 Å². The van der Waals surface area contributed by atoms with Crippen molar-refractivity contribution in [2.45, 2.75) is 12.1 Å². The van der Waals surface area contributed by atoms with Gasteiger partial charge in [0.25, 0.3) is 5.56 Å². The molecule has 8 heteroatoms. The van der Waals surface area contributed by atoms with E-state index < -0.39 is 0 Å². The van der Waals surface area contributed by atoms with Gasteiger partial charge in [0.05, 0.1) is 23.9 Å². The monoisotopic (exact) mass is 437 g/mol. The Morgan fingerprint density at radius 1 is 1.17 bits per heavy atom. The van der Waals surface area contributed by atoms with E-state index in [4.69, 9.17) is 4.74 Å². The number of nitrogens with zero attached hydrogens (tertiary/aromatic N) is 2. The van der Waals surface area contributed by atoms with Gasteiger partial charge in [-0.3, -0.25) is 14.2 Å². The van der Waals surface area contributed by atoms with Crippen molar-refractivity contribution in [3.8, 4) is 11.4 Å².